The number of aryl methyl sites for hydroxylation is 1. The highest BCUT2D eigenvalue weighted by atomic mass is 35.5. The first-order valence-electron chi connectivity index (χ1n) is 5.68. The van der Waals surface area contributed by atoms with Crippen LogP contribution in [-0.2, 0) is 6.42 Å². The van der Waals surface area contributed by atoms with Crippen LogP contribution in [0.3, 0.4) is 0 Å². The van der Waals surface area contributed by atoms with Gasteiger partial charge in [-0.25, -0.2) is 0 Å². The number of anilines is 1. The van der Waals surface area contributed by atoms with E-state index in [1.807, 2.05) is 25.1 Å². The molecule has 5 heteroatoms. The van der Waals surface area contributed by atoms with E-state index >= 15 is 0 Å². The van der Waals surface area contributed by atoms with Crippen LogP contribution in [0.1, 0.15) is 18.2 Å². The number of fused-ring (bicyclic) bond motifs is 1. The minimum absolute atomic E-state index is 0.237. The Labute approximate surface area is 116 Å². The van der Waals surface area contributed by atoms with E-state index in [1.165, 1.54) is 0 Å². The van der Waals surface area contributed by atoms with Gasteiger partial charge in [-0.3, -0.25) is 4.98 Å². The van der Waals surface area contributed by atoms with E-state index in [9.17, 15) is 0 Å². The Morgan fingerprint density at radius 2 is 2.22 bits per heavy atom. The van der Waals surface area contributed by atoms with Crippen molar-refractivity contribution < 1.29 is 0 Å². The van der Waals surface area contributed by atoms with Crippen LogP contribution >= 0.6 is 23.8 Å². The monoisotopic (exact) mass is 279 g/mol. The molecule has 0 aliphatic heterocycles. The summed E-state index contributed by atoms with van der Waals surface area (Å²) in [6.07, 6.45) is 0.862. The molecule has 2 rings (SSSR count). The van der Waals surface area contributed by atoms with Crippen LogP contribution in [0, 0.1) is 6.92 Å². The van der Waals surface area contributed by atoms with Gasteiger partial charge in [0.1, 0.15) is 0 Å². The lowest BCUT2D eigenvalue weighted by molar-refractivity contribution is 1.07. The number of nitrogens with one attached hydrogen (secondary N) is 1. The lowest BCUT2D eigenvalue weighted by atomic mass is 10.1. The average molecular weight is 280 g/mol. The third-order valence-corrected chi connectivity index (χ3v) is 3.38. The van der Waals surface area contributed by atoms with Crippen LogP contribution in [0.4, 0.5) is 5.69 Å². The van der Waals surface area contributed by atoms with E-state index in [0.29, 0.717) is 0 Å². The summed E-state index contributed by atoms with van der Waals surface area (Å²) in [6, 6.07) is 5.71. The number of rotatable bonds is 2. The summed E-state index contributed by atoms with van der Waals surface area (Å²) in [6.45, 7) is 4.05. The number of hydrogen-bond donors (Lipinski definition) is 2. The zero-order chi connectivity index (χ0) is 13.3. The van der Waals surface area contributed by atoms with Gasteiger partial charge in [0.15, 0.2) is 5.11 Å². The first-order chi connectivity index (χ1) is 8.52. The number of hydrogen-bond acceptors (Lipinski definition) is 2. The Morgan fingerprint density at radius 1 is 1.50 bits per heavy atom. The summed E-state index contributed by atoms with van der Waals surface area (Å²) >= 11 is 11.2. The van der Waals surface area contributed by atoms with Crippen molar-refractivity contribution in [3.05, 3.63) is 34.5 Å². The molecule has 1 aromatic carbocycles. The van der Waals surface area contributed by atoms with Crippen molar-refractivity contribution in [2.75, 3.05) is 5.32 Å². The fourth-order valence-corrected chi connectivity index (χ4v) is 2.55. The molecule has 3 N–H and O–H groups in total. The van der Waals surface area contributed by atoms with E-state index in [2.05, 4.69) is 17.2 Å². The molecule has 0 unspecified atom stereocenters. The molecule has 0 saturated heterocycles. The molecule has 0 amide bonds. The van der Waals surface area contributed by atoms with Gasteiger partial charge in [-0.05, 0) is 49.3 Å². The molecule has 18 heavy (non-hydrogen) atoms. The predicted molar refractivity (Wildman–Crippen MR) is 81.3 cm³/mol. The van der Waals surface area contributed by atoms with E-state index in [4.69, 9.17) is 29.6 Å². The number of halogens is 1. The standard InChI is InChI=1S/C13H14ClN3S/c1-3-9-7(2)16-11-5-4-8(17-13(15)18)6-10(11)12(9)14/h4-6H,3H2,1-2H3,(H3,15,17,18). The first kappa shape index (κ1) is 13.1. The SMILES string of the molecule is CCc1c(C)nc2ccc(NC(N)=S)cc2c1Cl. The Hall–Kier alpha value is -1.39. The Balaban J connectivity index is 2.64. The molecule has 0 bridgehead atoms. The molecule has 0 aliphatic rings. The molecule has 0 atom stereocenters. The van der Waals surface area contributed by atoms with Crippen molar-refractivity contribution in [2.24, 2.45) is 5.73 Å². The Kier molecular flexibility index (Phi) is 3.68. The quantitative estimate of drug-likeness (QED) is 0.827. The maximum absolute atomic E-state index is 6.42. The molecule has 0 radical (unpaired) electrons. The predicted octanol–water partition coefficient (Wildman–Crippen LogP) is 3.41. The number of thiocarbonyl (C=S) groups is 1. The largest absolute Gasteiger partial charge is 0.376 e. The van der Waals surface area contributed by atoms with E-state index < -0.39 is 0 Å². The van der Waals surface area contributed by atoms with Crippen molar-refractivity contribution in [1.82, 2.24) is 4.98 Å². The van der Waals surface area contributed by atoms with Crippen LogP contribution in [0.15, 0.2) is 18.2 Å². The minimum Gasteiger partial charge on any atom is -0.376 e. The molecule has 0 spiro atoms. The molecule has 1 heterocycles. The van der Waals surface area contributed by atoms with Gasteiger partial charge in [0.25, 0.3) is 0 Å². The minimum atomic E-state index is 0.237. The fourth-order valence-electron chi connectivity index (χ4n) is 2.01. The van der Waals surface area contributed by atoms with Gasteiger partial charge in [0.2, 0.25) is 0 Å². The third-order valence-electron chi connectivity index (χ3n) is 2.84. The van der Waals surface area contributed by atoms with Gasteiger partial charge in [0, 0.05) is 16.8 Å². The number of nitrogens with two attached hydrogens (primary N) is 1. The second-order valence-corrected chi connectivity index (χ2v) is 4.88. The lowest BCUT2D eigenvalue weighted by Crippen LogP contribution is -2.18. The second kappa shape index (κ2) is 5.08. The fraction of sp³-hybridized carbons (Fsp3) is 0.231. The molecule has 94 valence electrons. The van der Waals surface area contributed by atoms with Crippen molar-refractivity contribution in [3.8, 4) is 0 Å². The highest BCUT2D eigenvalue weighted by Crippen LogP contribution is 2.30. The van der Waals surface area contributed by atoms with Gasteiger partial charge in [-0.2, -0.15) is 0 Å². The lowest BCUT2D eigenvalue weighted by Gasteiger charge is -2.11. The summed E-state index contributed by atoms with van der Waals surface area (Å²) in [5, 5.41) is 4.81. The van der Waals surface area contributed by atoms with Crippen molar-refractivity contribution in [3.63, 3.8) is 0 Å². The van der Waals surface area contributed by atoms with E-state index in [-0.39, 0.29) is 5.11 Å². The maximum Gasteiger partial charge on any atom is 0.168 e. The van der Waals surface area contributed by atoms with Crippen molar-refractivity contribution in [1.29, 1.82) is 0 Å². The smallest absolute Gasteiger partial charge is 0.168 e. The molecule has 0 saturated carbocycles. The molecular formula is C13H14ClN3S. The zero-order valence-corrected chi connectivity index (χ0v) is 11.8. The summed E-state index contributed by atoms with van der Waals surface area (Å²) in [4.78, 5) is 4.55. The molecule has 2 aromatic rings. The summed E-state index contributed by atoms with van der Waals surface area (Å²) < 4.78 is 0. The number of pyridine rings is 1. The number of aromatic nitrogens is 1. The summed E-state index contributed by atoms with van der Waals surface area (Å²) in [5.41, 5.74) is 9.22. The molecular weight excluding hydrogens is 266 g/mol. The average Bonchev–Trinajstić information content (AvgIpc) is 2.30. The van der Waals surface area contributed by atoms with Crippen LogP contribution in [-0.4, -0.2) is 10.1 Å². The highest BCUT2D eigenvalue weighted by Gasteiger charge is 2.10. The molecule has 0 fully saturated rings. The topological polar surface area (TPSA) is 50.9 Å². The third kappa shape index (κ3) is 2.40. The normalized spacial score (nSPS) is 10.6. The highest BCUT2D eigenvalue weighted by molar-refractivity contribution is 7.80. The summed E-state index contributed by atoms with van der Waals surface area (Å²) in [7, 11) is 0. The Morgan fingerprint density at radius 3 is 2.83 bits per heavy atom. The van der Waals surface area contributed by atoms with Crippen LogP contribution in [0.5, 0.6) is 0 Å². The zero-order valence-electron chi connectivity index (χ0n) is 10.2. The van der Waals surface area contributed by atoms with E-state index in [0.717, 1.165) is 39.3 Å². The number of benzene rings is 1. The molecule has 0 aliphatic carbocycles. The first-order valence-corrected chi connectivity index (χ1v) is 6.46. The van der Waals surface area contributed by atoms with Gasteiger partial charge in [0.05, 0.1) is 10.5 Å². The van der Waals surface area contributed by atoms with Crippen LogP contribution in [0.2, 0.25) is 5.02 Å². The van der Waals surface area contributed by atoms with Crippen LogP contribution < -0.4 is 11.1 Å². The maximum atomic E-state index is 6.42. The van der Waals surface area contributed by atoms with Gasteiger partial charge < -0.3 is 11.1 Å². The van der Waals surface area contributed by atoms with Gasteiger partial charge >= 0.3 is 0 Å². The molecule has 1 aromatic heterocycles. The van der Waals surface area contributed by atoms with Crippen molar-refractivity contribution in [2.45, 2.75) is 20.3 Å². The molecule has 3 nitrogen and oxygen atoms in total. The van der Waals surface area contributed by atoms with Crippen molar-refractivity contribution >= 4 is 45.5 Å². The van der Waals surface area contributed by atoms with Gasteiger partial charge in [-0.15, -0.1) is 0 Å². The van der Waals surface area contributed by atoms with Crippen LogP contribution in [0.25, 0.3) is 10.9 Å². The summed E-state index contributed by atoms with van der Waals surface area (Å²) in [5.74, 6) is 0. The second-order valence-electron chi connectivity index (χ2n) is 4.06. The number of nitrogens with zero attached hydrogens (tertiary/aromatic N) is 1. The van der Waals surface area contributed by atoms with Gasteiger partial charge in [-0.1, -0.05) is 18.5 Å². The van der Waals surface area contributed by atoms with E-state index in [1.54, 1.807) is 0 Å². The Bertz CT molecular complexity index is 625.